The Morgan fingerprint density at radius 3 is 2.58 bits per heavy atom. The second kappa shape index (κ2) is 5.71. The summed E-state index contributed by atoms with van der Waals surface area (Å²) in [5, 5.41) is 2.52. The molecule has 0 fully saturated rings. The smallest absolute Gasteiger partial charge is 0.0928 e. The highest BCUT2D eigenvalue weighted by Gasteiger charge is 2.29. The van der Waals surface area contributed by atoms with Crippen LogP contribution in [0.1, 0.15) is 17.5 Å². The maximum Gasteiger partial charge on any atom is 0.0928 e. The number of aromatic nitrogens is 1. The van der Waals surface area contributed by atoms with Crippen molar-refractivity contribution in [3.05, 3.63) is 66.0 Å². The van der Waals surface area contributed by atoms with Gasteiger partial charge in [-0.2, -0.15) is 0 Å². The molecule has 0 bridgehead atoms. The maximum atomic E-state index is 4.27. The van der Waals surface area contributed by atoms with Crippen LogP contribution in [0, 0.1) is 0 Å². The third-order valence-electron chi connectivity index (χ3n) is 5.52. The predicted molar refractivity (Wildman–Crippen MR) is 101 cm³/mol. The van der Waals surface area contributed by atoms with Crippen LogP contribution < -0.4 is 0 Å². The molecule has 4 rings (SSSR count). The average molecular weight is 317 g/mol. The highest BCUT2D eigenvalue weighted by Crippen LogP contribution is 2.36. The fourth-order valence-electron chi connectivity index (χ4n) is 4.06. The third kappa shape index (κ3) is 2.61. The molecule has 2 nitrogen and oxygen atoms in total. The van der Waals surface area contributed by atoms with Gasteiger partial charge in [-0.15, -0.1) is 0 Å². The van der Waals surface area contributed by atoms with Gasteiger partial charge in [0.05, 0.1) is 27.2 Å². The van der Waals surface area contributed by atoms with Crippen molar-refractivity contribution in [1.29, 1.82) is 0 Å². The van der Waals surface area contributed by atoms with Gasteiger partial charge in [-0.05, 0) is 40.1 Å². The van der Waals surface area contributed by atoms with Crippen molar-refractivity contribution < 1.29 is 4.48 Å². The van der Waals surface area contributed by atoms with Gasteiger partial charge in [-0.25, -0.2) is 0 Å². The first kappa shape index (κ1) is 15.3. The van der Waals surface area contributed by atoms with Crippen molar-refractivity contribution >= 4 is 10.8 Å². The van der Waals surface area contributed by atoms with Crippen molar-refractivity contribution in [3.8, 4) is 11.1 Å². The maximum absolute atomic E-state index is 4.27. The lowest BCUT2D eigenvalue weighted by atomic mass is 9.82. The molecule has 24 heavy (non-hydrogen) atoms. The number of pyridine rings is 1. The molecule has 1 atom stereocenters. The standard InChI is InChI=1S/C22H25N2/c1-24(2,3)18-10-11-19-16(14-18)6-4-8-21(19)22-9-5-7-17-15-23-13-12-20(17)22/h4-9,12-13,15,18H,10-11,14H2,1-3H3/q+1. The second-order valence-corrected chi connectivity index (χ2v) is 7.86. The van der Waals surface area contributed by atoms with Crippen LogP contribution in [0.5, 0.6) is 0 Å². The van der Waals surface area contributed by atoms with Crippen LogP contribution >= 0.6 is 0 Å². The number of nitrogens with zero attached hydrogens (tertiary/aromatic N) is 2. The molecule has 3 aromatic rings. The van der Waals surface area contributed by atoms with E-state index >= 15 is 0 Å². The van der Waals surface area contributed by atoms with Gasteiger partial charge in [-0.3, -0.25) is 4.98 Å². The number of hydrogen-bond acceptors (Lipinski definition) is 1. The van der Waals surface area contributed by atoms with Crippen LogP contribution in [0.15, 0.2) is 54.9 Å². The van der Waals surface area contributed by atoms with E-state index in [-0.39, 0.29) is 0 Å². The van der Waals surface area contributed by atoms with Gasteiger partial charge >= 0.3 is 0 Å². The Labute approximate surface area is 144 Å². The van der Waals surface area contributed by atoms with E-state index in [1.165, 1.54) is 46.7 Å². The largest absolute Gasteiger partial charge is 0.328 e. The van der Waals surface area contributed by atoms with Gasteiger partial charge in [0.15, 0.2) is 0 Å². The highest BCUT2D eigenvalue weighted by molar-refractivity contribution is 5.97. The van der Waals surface area contributed by atoms with Crippen LogP contribution in [0.3, 0.4) is 0 Å². The molecule has 2 aromatic carbocycles. The molecular formula is C22H25N2+. The predicted octanol–water partition coefficient (Wildman–Crippen LogP) is 4.47. The Morgan fingerprint density at radius 1 is 0.958 bits per heavy atom. The first-order valence-electron chi connectivity index (χ1n) is 8.79. The zero-order valence-corrected chi connectivity index (χ0v) is 14.8. The molecular weight excluding hydrogens is 292 g/mol. The van der Waals surface area contributed by atoms with Crippen molar-refractivity contribution in [2.75, 3.05) is 21.1 Å². The van der Waals surface area contributed by atoms with Crippen molar-refractivity contribution in [1.82, 2.24) is 4.98 Å². The van der Waals surface area contributed by atoms with Gasteiger partial charge in [0, 0.05) is 30.6 Å². The first-order valence-corrected chi connectivity index (χ1v) is 8.79. The summed E-state index contributed by atoms with van der Waals surface area (Å²) in [6.07, 6.45) is 7.47. The molecule has 0 aliphatic heterocycles. The minimum atomic E-state index is 0.712. The lowest BCUT2D eigenvalue weighted by Crippen LogP contribution is -2.48. The van der Waals surface area contributed by atoms with Crippen molar-refractivity contribution in [3.63, 3.8) is 0 Å². The summed E-state index contributed by atoms with van der Waals surface area (Å²) < 4.78 is 1.05. The summed E-state index contributed by atoms with van der Waals surface area (Å²) in [6.45, 7) is 0. The van der Waals surface area contributed by atoms with Gasteiger partial charge < -0.3 is 4.48 Å². The molecule has 1 aromatic heterocycles. The van der Waals surface area contributed by atoms with Gasteiger partial charge in [0.25, 0.3) is 0 Å². The van der Waals surface area contributed by atoms with E-state index in [9.17, 15) is 0 Å². The lowest BCUT2D eigenvalue weighted by Gasteiger charge is -2.38. The molecule has 1 aliphatic carbocycles. The topological polar surface area (TPSA) is 12.9 Å². The minimum absolute atomic E-state index is 0.712. The summed E-state index contributed by atoms with van der Waals surface area (Å²) in [7, 11) is 6.95. The van der Waals surface area contributed by atoms with E-state index in [0.29, 0.717) is 6.04 Å². The highest BCUT2D eigenvalue weighted by atomic mass is 15.3. The SMILES string of the molecule is C[N+](C)(C)C1CCc2c(cccc2-c2cccc3cnccc23)C1. The zero-order valence-electron chi connectivity index (χ0n) is 14.8. The number of fused-ring (bicyclic) bond motifs is 2. The summed E-state index contributed by atoms with van der Waals surface area (Å²) >= 11 is 0. The molecule has 0 saturated heterocycles. The van der Waals surface area contributed by atoms with Crippen LogP contribution in [-0.2, 0) is 12.8 Å². The molecule has 0 radical (unpaired) electrons. The molecule has 1 aliphatic rings. The van der Waals surface area contributed by atoms with Crippen LogP contribution in [0.25, 0.3) is 21.9 Å². The summed E-state index contributed by atoms with van der Waals surface area (Å²) in [5.74, 6) is 0. The monoisotopic (exact) mass is 317 g/mol. The Kier molecular flexibility index (Phi) is 3.65. The fourth-order valence-corrected chi connectivity index (χ4v) is 4.06. The molecule has 1 heterocycles. The molecule has 122 valence electrons. The Hall–Kier alpha value is -2.19. The number of likely N-dealkylation sites (N-methyl/N-ethyl adjacent to an activating group) is 1. The quantitative estimate of drug-likeness (QED) is 0.636. The van der Waals surface area contributed by atoms with E-state index in [4.69, 9.17) is 0 Å². The van der Waals surface area contributed by atoms with Gasteiger partial charge in [0.1, 0.15) is 0 Å². The number of benzene rings is 2. The molecule has 0 amide bonds. The summed E-state index contributed by atoms with van der Waals surface area (Å²) in [6, 6.07) is 16.3. The van der Waals surface area contributed by atoms with E-state index < -0.39 is 0 Å². The summed E-state index contributed by atoms with van der Waals surface area (Å²) in [5.41, 5.74) is 5.83. The van der Waals surface area contributed by atoms with E-state index in [0.717, 1.165) is 4.48 Å². The molecule has 0 N–H and O–H groups in total. The summed E-state index contributed by atoms with van der Waals surface area (Å²) in [4.78, 5) is 4.27. The Morgan fingerprint density at radius 2 is 1.75 bits per heavy atom. The fraction of sp³-hybridized carbons (Fsp3) is 0.318. The number of quaternary nitrogens is 1. The average Bonchev–Trinajstić information content (AvgIpc) is 2.59. The van der Waals surface area contributed by atoms with E-state index in [2.05, 4.69) is 68.6 Å². The van der Waals surface area contributed by atoms with Gasteiger partial charge in [-0.1, -0.05) is 36.4 Å². The zero-order chi connectivity index (χ0) is 16.7. The van der Waals surface area contributed by atoms with Crippen LogP contribution in [-0.4, -0.2) is 36.7 Å². The second-order valence-electron chi connectivity index (χ2n) is 7.86. The lowest BCUT2D eigenvalue weighted by molar-refractivity contribution is -0.896. The Balaban J connectivity index is 1.84. The normalized spacial score (nSPS) is 17.7. The van der Waals surface area contributed by atoms with Crippen molar-refractivity contribution in [2.24, 2.45) is 0 Å². The minimum Gasteiger partial charge on any atom is -0.328 e. The molecule has 2 heteroatoms. The first-order chi connectivity index (χ1) is 11.5. The van der Waals surface area contributed by atoms with Crippen LogP contribution in [0.4, 0.5) is 0 Å². The number of rotatable bonds is 2. The number of hydrogen-bond donors (Lipinski definition) is 0. The van der Waals surface area contributed by atoms with Crippen molar-refractivity contribution in [2.45, 2.75) is 25.3 Å². The molecule has 0 saturated carbocycles. The van der Waals surface area contributed by atoms with Gasteiger partial charge in [0.2, 0.25) is 0 Å². The van der Waals surface area contributed by atoms with E-state index in [1.807, 2.05) is 12.4 Å². The Bertz CT molecular complexity index is 885. The van der Waals surface area contributed by atoms with E-state index in [1.54, 1.807) is 5.56 Å². The third-order valence-corrected chi connectivity index (χ3v) is 5.52. The molecule has 0 spiro atoms. The molecule has 1 unspecified atom stereocenters. The van der Waals surface area contributed by atoms with Crippen LogP contribution in [0.2, 0.25) is 0 Å².